The number of hydrogen-bond acceptors (Lipinski definition) is 5. The second-order valence-electron chi connectivity index (χ2n) is 5.84. The highest BCUT2D eigenvalue weighted by Gasteiger charge is 2.12. The van der Waals surface area contributed by atoms with E-state index in [9.17, 15) is 9.59 Å². The zero-order valence-corrected chi connectivity index (χ0v) is 15.5. The molecule has 0 aliphatic carbocycles. The summed E-state index contributed by atoms with van der Waals surface area (Å²) >= 11 is 5.94. The molecule has 0 bridgehead atoms. The maximum Gasteiger partial charge on any atom is 0.365 e. The number of benzene rings is 2. The Hall–Kier alpha value is -3.19. The van der Waals surface area contributed by atoms with Crippen LogP contribution in [0.2, 0.25) is 5.02 Å². The average Bonchev–Trinajstić information content (AvgIpc) is 2.64. The smallest absolute Gasteiger partial charge is 0.365 e. The molecule has 7 nitrogen and oxygen atoms in total. The van der Waals surface area contributed by atoms with Crippen LogP contribution in [0.4, 0.5) is 5.69 Å². The van der Waals surface area contributed by atoms with Gasteiger partial charge >= 0.3 is 5.69 Å². The molecule has 3 aromatic rings. The van der Waals surface area contributed by atoms with Crippen molar-refractivity contribution in [2.75, 3.05) is 12.4 Å². The SMILES string of the molecule is COc1ccc(Cl)cc1NC(=O)Cn1ncc(-c2ccc(C)cc2)nc1=O. The molecule has 1 heterocycles. The van der Waals surface area contributed by atoms with E-state index in [0.29, 0.717) is 22.2 Å². The minimum atomic E-state index is -0.610. The van der Waals surface area contributed by atoms with Gasteiger partial charge in [-0.2, -0.15) is 10.1 Å². The van der Waals surface area contributed by atoms with Gasteiger partial charge in [-0.05, 0) is 25.1 Å². The lowest BCUT2D eigenvalue weighted by atomic mass is 10.1. The van der Waals surface area contributed by atoms with Crippen molar-refractivity contribution < 1.29 is 9.53 Å². The van der Waals surface area contributed by atoms with E-state index in [1.54, 1.807) is 18.2 Å². The number of ether oxygens (including phenoxy) is 1. The van der Waals surface area contributed by atoms with Gasteiger partial charge in [-0.25, -0.2) is 9.48 Å². The molecule has 0 aliphatic heterocycles. The molecule has 1 aromatic heterocycles. The Kier molecular flexibility index (Phi) is 5.52. The van der Waals surface area contributed by atoms with Crippen molar-refractivity contribution in [3.05, 3.63) is 69.7 Å². The van der Waals surface area contributed by atoms with E-state index >= 15 is 0 Å². The third-order valence-electron chi connectivity index (χ3n) is 3.83. The molecular formula is C19H17ClN4O3. The summed E-state index contributed by atoms with van der Waals surface area (Å²) in [4.78, 5) is 28.5. The second kappa shape index (κ2) is 8.01. The van der Waals surface area contributed by atoms with E-state index in [4.69, 9.17) is 16.3 Å². The first-order chi connectivity index (χ1) is 13.0. The van der Waals surface area contributed by atoms with E-state index in [-0.39, 0.29) is 6.54 Å². The molecular weight excluding hydrogens is 368 g/mol. The monoisotopic (exact) mass is 384 g/mol. The van der Waals surface area contributed by atoms with Crippen LogP contribution in [0.25, 0.3) is 11.3 Å². The molecule has 0 unspecified atom stereocenters. The van der Waals surface area contributed by atoms with E-state index in [1.165, 1.54) is 13.3 Å². The predicted molar refractivity (Wildman–Crippen MR) is 103 cm³/mol. The topological polar surface area (TPSA) is 86.1 Å². The number of carbonyl (C=O) groups is 1. The van der Waals surface area contributed by atoms with Crippen molar-refractivity contribution >= 4 is 23.2 Å². The fraction of sp³-hybridized carbons (Fsp3) is 0.158. The first kappa shape index (κ1) is 18.6. The number of nitrogens with one attached hydrogen (secondary N) is 1. The fourth-order valence-electron chi connectivity index (χ4n) is 2.44. The molecule has 0 radical (unpaired) electrons. The first-order valence-electron chi connectivity index (χ1n) is 8.11. The molecule has 138 valence electrons. The zero-order chi connectivity index (χ0) is 19.4. The maximum atomic E-state index is 12.3. The summed E-state index contributed by atoms with van der Waals surface area (Å²) in [6.07, 6.45) is 1.46. The van der Waals surface area contributed by atoms with Crippen LogP contribution in [0.15, 0.2) is 53.5 Å². The van der Waals surface area contributed by atoms with Crippen LogP contribution in [0.1, 0.15) is 5.56 Å². The zero-order valence-electron chi connectivity index (χ0n) is 14.8. The quantitative estimate of drug-likeness (QED) is 0.731. The average molecular weight is 385 g/mol. The Labute approximate surface area is 160 Å². The lowest BCUT2D eigenvalue weighted by Crippen LogP contribution is -2.31. The molecule has 0 atom stereocenters. The number of amides is 1. The van der Waals surface area contributed by atoms with E-state index in [0.717, 1.165) is 15.8 Å². The maximum absolute atomic E-state index is 12.3. The standard InChI is InChI=1S/C19H17ClN4O3/c1-12-3-5-13(6-4-12)16-10-21-24(19(26)23-16)11-18(25)22-15-9-14(20)7-8-17(15)27-2/h3-10H,11H2,1-2H3,(H,22,25). The molecule has 0 saturated carbocycles. The molecule has 27 heavy (non-hydrogen) atoms. The van der Waals surface area contributed by atoms with Crippen molar-refractivity contribution in [3.63, 3.8) is 0 Å². The van der Waals surface area contributed by atoms with Crippen LogP contribution < -0.4 is 15.7 Å². The summed E-state index contributed by atoms with van der Waals surface area (Å²) in [7, 11) is 1.48. The number of aryl methyl sites for hydroxylation is 1. The lowest BCUT2D eigenvalue weighted by molar-refractivity contribution is -0.117. The van der Waals surface area contributed by atoms with Crippen molar-refractivity contribution in [3.8, 4) is 17.0 Å². The van der Waals surface area contributed by atoms with Crippen LogP contribution in [-0.2, 0) is 11.3 Å². The highest BCUT2D eigenvalue weighted by atomic mass is 35.5. The van der Waals surface area contributed by atoms with Crippen LogP contribution in [0.3, 0.4) is 0 Å². The van der Waals surface area contributed by atoms with Gasteiger partial charge < -0.3 is 10.1 Å². The highest BCUT2D eigenvalue weighted by molar-refractivity contribution is 6.31. The number of nitrogens with zero attached hydrogens (tertiary/aromatic N) is 3. The molecule has 0 spiro atoms. The van der Waals surface area contributed by atoms with Gasteiger partial charge in [0.2, 0.25) is 5.91 Å². The number of methoxy groups -OCH3 is 1. The third-order valence-corrected chi connectivity index (χ3v) is 4.07. The number of anilines is 1. The summed E-state index contributed by atoms with van der Waals surface area (Å²) in [5.74, 6) is 0.0101. The van der Waals surface area contributed by atoms with Crippen LogP contribution in [0, 0.1) is 6.92 Å². The number of halogens is 1. The Morgan fingerprint density at radius 2 is 1.96 bits per heavy atom. The number of rotatable bonds is 5. The molecule has 0 aliphatic rings. The van der Waals surface area contributed by atoms with Gasteiger partial charge in [0.15, 0.2) is 0 Å². The Morgan fingerprint density at radius 3 is 2.63 bits per heavy atom. The highest BCUT2D eigenvalue weighted by Crippen LogP contribution is 2.27. The molecule has 1 N–H and O–H groups in total. The summed E-state index contributed by atoms with van der Waals surface area (Å²) in [6, 6.07) is 12.4. The summed E-state index contributed by atoms with van der Waals surface area (Å²) < 4.78 is 6.17. The number of hydrogen-bond donors (Lipinski definition) is 1. The minimum absolute atomic E-state index is 0.282. The Morgan fingerprint density at radius 1 is 1.22 bits per heavy atom. The predicted octanol–water partition coefficient (Wildman–Crippen LogP) is 2.91. The first-order valence-corrected chi connectivity index (χ1v) is 8.48. The molecule has 3 rings (SSSR count). The molecule has 2 aromatic carbocycles. The van der Waals surface area contributed by atoms with E-state index < -0.39 is 11.6 Å². The van der Waals surface area contributed by atoms with E-state index in [1.807, 2.05) is 31.2 Å². The van der Waals surface area contributed by atoms with Gasteiger partial charge in [-0.3, -0.25) is 4.79 Å². The van der Waals surface area contributed by atoms with Gasteiger partial charge in [0.25, 0.3) is 0 Å². The van der Waals surface area contributed by atoms with Crippen LogP contribution in [0.5, 0.6) is 5.75 Å². The van der Waals surface area contributed by atoms with Gasteiger partial charge in [0.05, 0.1) is 24.7 Å². The van der Waals surface area contributed by atoms with Gasteiger partial charge in [0, 0.05) is 10.6 Å². The van der Waals surface area contributed by atoms with E-state index in [2.05, 4.69) is 15.4 Å². The van der Waals surface area contributed by atoms with Gasteiger partial charge in [-0.15, -0.1) is 0 Å². The molecule has 0 fully saturated rings. The van der Waals surface area contributed by atoms with Gasteiger partial charge in [0.1, 0.15) is 12.3 Å². The van der Waals surface area contributed by atoms with Crippen molar-refractivity contribution in [1.82, 2.24) is 14.8 Å². The minimum Gasteiger partial charge on any atom is -0.495 e. The normalized spacial score (nSPS) is 10.5. The summed E-state index contributed by atoms with van der Waals surface area (Å²) in [6.45, 7) is 1.69. The fourth-order valence-corrected chi connectivity index (χ4v) is 2.61. The third kappa shape index (κ3) is 4.51. The van der Waals surface area contributed by atoms with Crippen molar-refractivity contribution in [1.29, 1.82) is 0 Å². The molecule has 8 heteroatoms. The largest absolute Gasteiger partial charge is 0.495 e. The van der Waals surface area contributed by atoms with Crippen LogP contribution in [-0.4, -0.2) is 27.8 Å². The summed E-state index contributed by atoms with van der Waals surface area (Å²) in [5, 5.41) is 7.15. The van der Waals surface area contributed by atoms with Gasteiger partial charge in [-0.1, -0.05) is 41.4 Å². The number of aromatic nitrogens is 3. The number of carbonyl (C=O) groups excluding carboxylic acids is 1. The lowest BCUT2D eigenvalue weighted by Gasteiger charge is -2.11. The Balaban J connectivity index is 1.76. The van der Waals surface area contributed by atoms with Crippen LogP contribution >= 0.6 is 11.6 Å². The van der Waals surface area contributed by atoms with Crippen molar-refractivity contribution in [2.24, 2.45) is 0 Å². The second-order valence-corrected chi connectivity index (χ2v) is 6.28. The van der Waals surface area contributed by atoms with Crippen molar-refractivity contribution in [2.45, 2.75) is 13.5 Å². The Bertz CT molecular complexity index is 1030. The molecule has 1 amide bonds. The molecule has 0 saturated heterocycles. The summed E-state index contributed by atoms with van der Waals surface area (Å²) in [5.41, 5.74) is 2.14.